The largest absolute Gasteiger partial charge is 0.340 e. The second-order valence-corrected chi connectivity index (χ2v) is 8.09. The summed E-state index contributed by atoms with van der Waals surface area (Å²) in [4.78, 5) is 42.9. The lowest BCUT2D eigenvalue weighted by Crippen LogP contribution is -2.37. The van der Waals surface area contributed by atoms with Crippen LogP contribution in [0.15, 0.2) is 22.8 Å². The van der Waals surface area contributed by atoms with Gasteiger partial charge >= 0.3 is 5.97 Å². The number of imide groups is 1. The second kappa shape index (κ2) is 5.30. The van der Waals surface area contributed by atoms with Crippen molar-refractivity contribution >= 4 is 17.8 Å². The number of rotatable bonds is 3. The predicted molar refractivity (Wildman–Crippen MR) is 88.2 cm³/mol. The molecule has 0 unspecified atom stereocenters. The quantitative estimate of drug-likeness (QED) is 0.588. The standard InChI is InChI=1S/C19H25NO4/c1-11(2)10-14-18(3,4)19(14,5)17(23)24-20-15(21)12-8-6-7-9-13(12)16(20)22/h10,14H,6-9H2,1-5H3/t14-,19+/m0/s1. The number of hydrogen-bond donors (Lipinski definition) is 0. The van der Waals surface area contributed by atoms with Gasteiger partial charge in [0.05, 0.1) is 5.41 Å². The summed E-state index contributed by atoms with van der Waals surface area (Å²) in [5.41, 5.74) is 1.20. The molecular formula is C19H25NO4. The highest BCUT2D eigenvalue weighted by Gasteiger charge is 2.73. The lowest BCUT2D eigenvalue weighted by molar-refractivity contribution is -0.201. The maximum absolute atomic E-state index is 12.8. The number of nitrogens with zero attached hydrogens (tertiary/aromatic N) is 1. The van der Waals surface area contributed by atoms with E-state index in [1.807, 2.05) is 34.6 Å². The van der Waals surface area contributed by atoms with E-state index in [0.29, 0.717) is 29.1 Å². The summed E-state index contributed by atoms with van der Waals surface area (Å²) >= 11 is 0. The van der Waals surface area contributed by atoms with Crippen LogP contribution < -0.4 is 0 Å². The highest BCUT2D eigenvalue weighted by atomic mass is 16.7. The Morgan fingerprint density at radius 3 is 2.04 bits per heavy atom. The zero-order valence-electron chi connectivity index (χ0n) is 15.1. The van der Waals surface area contributed by atoms with Crippen LogP contribution in [-0.2, 0) is 19.2 Å². The van der Waals surface area contributed by atoms with Crippen LogP contribution in [0.2, 0.25) is 0 Å². The molecule has 130 valence electrons. The Morgan fingerprint density at radius 1 is 1.08 bits per heavy atom. The van der Waals surface area contributed by atoms with Gasteiger partial charge < -0.3 is 4.84 Å². The molecule has 3 aliphatic rings. The third-order valence-electron chi connectivity index (χ3n) is 6.11. The van der Waals surface area contributed by atoms with Gasteiger partial charge in [0.15, 0.2) is 0 Å². The molecule has 5 heteroatoms. The molecular weight excluding hydrogens is 306 g/mol. The molecule has 1 aliphatic heterocycles. The van der Waals surface area contributed by atoms with Gasteiger partial charge in [-0.1, -0.05) is 30.6 Å². The molecule has 1 heterocycles. The molecule has 0 aromatic carbocycles. The Bertz CT molecular complexity index is 668. The molecule has 0 bridgehead atoms. The van der Waals surface area contributed by atoms with Gasteiger partial charge in [0.25, 0.3) is 11.8 Å². The first-order valence-corrected chi connectivity index (χ1v) is 8.60. The molecule has 2 amide bonds. The van der Waals surface area contributed by atoms with Gasteiger partial charge in [0, 0.05) is 11.1 Å². The van der Waals surface area contributed by atoms with E-state index < -0.39 is 23.2 Å². The van der Waals surface area contributed by atoms with Gasteiger partial charge in [-0.3, -0.25) is 9.59 Å². The number of hydrogen-bond acceptors (Lipinski definition) is 4. The molecule has 0 saturated heterocycles. The molecule has 5 nitrogen and oxygen atoms in total. The van der Waals surface area contributed by atoms with E-state index in [0.717, 1.165) is 18.4 Å². The van der Waals surface area contributed by atoms with Crippen LogP contribution in [0.5, 0.6) is 0 Å². The minimum Gasteiger partial charge on any atom is -0.329 e. The summed E-state index contributed by atoms with van der Waals surface area (Å²) < 4.78 is 0. The Labute approximate surface area is 142 Å². The Kier molecular flexibility index (Phi) is 3.74. The van der Waals surface area contributed by atoms with E-state index in [1.165, 1.54) is 0 Å². The van der Waals surface area contributed by atoms with E-state index in [-0.39, 0.29) is 11.3 Å². The first-order chi connectivity index (χ1) is 11.1. The van der Waals surface area contributed by atoms with Gasteiger partial charge in [-0.05, 0) is 57.8 Å². The summed E-state index contributed by atoms with van der Waals surface area (Å²) in [5.74, 6) is -1.37. The number of amides is 2. The van der Waals surface area contributed by atoms with Crippen molar-refractivity contribution in [3.05, 3.63) is 22.8 Å². The Hall–Kier alpha value is -1.91. The van der Waals surface area contributed by atoms with Gasteiger partial charge in [-0.25, -0.2) is 4.79 Å². The van der Waals surface area contributed by atoms with Crippen molar-refractivity contribution in [3.63, 3.8) is 0 Å². The maximum Gasteiger partial charge on any atom is 0.340 e. The summed E-state index contributed by atoms with van der Waals surface area (Å²) in [7, 11) is 0. The van der Waals surface area contributed by atoms with Crippen molar-refractivity contribution in [2.24, 2.45) is 16.7 Å². The van der Waals surface area contributed by atoms with E-state index in [4.69, 9.17) is 4.84 Å². The Morgan fingerprint density at radius 2 is 1.58 bits per heavy atom. The van der Waals surface area contributed by atoms with E-state index in [1.54, 1.807) is 0 Å². The first kappa shape index (κ1) is 16.9. The normalized spacial score (nSPS) is 31.0. The fraction of sp³-hybridized carbons (Fsp3) is 0.632. The molecule has 1 saturated carbocycles. The average molecular weight is 331 g/mol. The van der Waals surface area contributed by atoms with Gasteiger partial charge in [-0.2, -0.15) is 0 Å². The molecule has 1 fully saturated rings. The Balaban J connectivity index is 1.78. The molecule has 24 heavy (non-hydrogen) atoms. The van der Waals surface area contributed by atoms with Crippen LogP contribution in [0, 0.1) is 16.7 Å². The molecule has 0 N–H and O–H groups in total. The SMILES string of the molecule is CC(C)=C[C@H]1C(C)(C)[C@@]1(C)C(=O)ON1C(=O)C2=C(CCCC2)C1=O. The molecule has 0 aromatic rings. The monoisotopic (exact) mass is 331 g/mol. The van der Waals surface area contributed by atoms with Crippen molar-refractivity contribution in [1.82, 2.24) is 5.06 Å². The van der Waals surface area contributed by atoms with Crippen molar-refractivity contribution in [2.45, 2.75) is 60.3 Å². The molecule has 3 rings (SSSR count). The summed E-state index contributed by atoms with van der Waals surface area (Å²) in [5, 5.41) is 0.692. The maximum atomic E-state index is 12.8. The number of allylic oxidation sites excluding steroid dienone is 2. The zero-order valence-corrected chi connectivity index (χ0v) is 15.1. The van der Waals surface area contributed by atoms with Crippen molar-refractivity contribution < 1.29 is 19.2 Å². The van der Waals surface area contributed by atoms with Gasteiger partial charge in [0.2, 0.25) is 0 Å². The molecule has 0 radical (unpaired) electrons. The van der Waals surface area contributed by atoms with Crippen LogP contribution in [0.1, 0.15) is 60.3 Å². The van der Waals surface area contributed by atoms with E-state index in [9.17, 15) is 14.4 Å². The summed E-state index contributed by atoms with van der Waals surface area (Å²) in [6.07, 6.45) is 5.05. The minimum atomic E-state index is -0.728. The van der Waals surface area contributed by atoms with Crippen molar-refractivity contribution in [3.8, 4) is 0 Å². The lowest BCUT2D eigenvalue weighted by atomic mass is 9.93. The average Bonchev–Trinajstić information content (AvgIpc) is 2.83. The lowest BCUT2D eigenvalue weighted by Gasteiger charge is -2.18. The fourth-order valence-electron chi connectivity index (χ4n) is 4.10. The molecule has 0 aromatic heterocycles. The van der Waals surface area contributed by atoms with Crippen molar-refractivity contribution in [2.75, 3.05) is 0 Å². The predicted octanol–water partition coefficient (Wildman–Crippen LogP) is 3.31. The topological polar surface area (TPSA) is 63.7 Å². The number of carbonyl (C=O) groups is 3. The number of carbonyl (C=O) groups excluding carboxylic acids is 3. The first-order valence-electron chi connectivity index (χ1n) is 8.60. The van der Waals surface area contributed by atoms with Crippen LogP contribution in [0.4, 0.5) is 0 Å². The highest BCUT2D eigenvalue weighted by molar-refractivity contribution is 6.19. The summed E-state index contributed by atoms with van der Waals surface area (Å²) in [6.45, 7) is 9.85. The number of hydroxylamine groups is 2. The minimum absolute atomic E-state index is 0.0397. The highest BCUT2D eigenvalue weighted by Crippen LogP contribution is 2.70. The third-order valence-corrected chi connectivity index (χ3v) is 6.11. The molecule has 2 aliphatic carbocycles. The zero-order chi connectivity index (χ0) is 17.9. The van der Waals surface area contributed by atoms with E-state index >= 15 is 0 Å². The smallest absolute Gasteiger partial charge is 0.329 e. The van der Waals surface area contributed by atoms with Crippen molar-refractivity contribution in [1.29, 1.82) is 0 Å². The third kappa shape index (κ3) is 2.17. The van der Waals surface area contributed by atoms with E-state index in [2.05, 4.69) is 6.08 Å². The van der Waals surface area contributed by atoms with Crippen LogP contribution >= 0.6 is 0 Å². The van der Waals surface area contributed by atoms with Crippen LogP contribution in [-0.4, -0.2) is 22.8 Å². The van der Waals surface area contributed by atoms with Gasteiger partial charge in [-0.15, -0.1) is 0 Å². The second-order valence-electron chi connectivity index (χ2n) is 8.09. The van der Waals surface area contributed by atoms with Crippen LogP contribution in [0.3, 0.4) is 0 Å². The molecule has 2 atom stereocenters. The summed E-state index contributed by atoms with van der Waals surface area (Å²) in [6, 6.07) is 0. The fourth-order valence-corrected chi connectivity index (χ4v) is 4.10. The molecule has 0 spiro atoms. The van der Waals surface area contributed by atoms with Gasteiger partial charge in [0.1, 0.15) is 0 Å². The van der Waals surface area contributed by atoms with Crippen LogP contribution in [0.25, 0.3) is 0 Å².